The van der Waals surface area contributed by atoms with E-state index < -0.39 is 0 Å². The predicted molar refractivity (Wildman–Crippen MR) is 68.0 cm³/mol. The quantitative estimate of drug-likeness (QED) is 0.670. The molecule has 3 aliphatic heterocycles. The van der Waals surface area contributed by atoms with Gasteiger partial charge in [0.05, 0.1) is 6.04 Å². The van der Waals surface area contributed by atoms with Crippen LogP contribution in [0.25, 0.3) is 0 Å². The molecule has 2 fully saturated rings. The van der Waals surface area contributed by atoms with E-state index in [4.69, 9.17) is 0 Å². The van der Waals surface area contributed by atoms with Crippen LogP contribution in [0.4, 0.5) is 0 Å². The molecule has 4 unspecified atom stereocenters. The molecular weight excluding hydrogens is 212 g/mol. The summed E-state index contributed by atoms with van der Waals surface area (Å²) in [7, 11) is 0. The molecule has 0 aromatic rings. The molecule has 3 nitrogen and oxygen atoms in total. The Balaban J connectivity index is 1.83. The topological polar surface area (TPSA) is 32.7 Å². The fraction of sp³-hybridized carbons (Fsp3) is 0.714. The third kappa shape index (κ3) is 1.81. The third-order valence-corrected chi connectivity index (χ3v) is 4.53. The van der Waals surface area contributed by atoms with Gasteiger partial charge in [-0.3, -0.25) is 9.79 Å². The molecular formula is C14H20N2O. The maximum atomic E-state index is 12.0. The number of aliphatic imine (C=N–C) groups is 1. The van der Waals surface area contributed by atoms with Crippen molar-refractivity contribution in [3.05, 3.63) is 12.7 Å². The van der Waals surface area contributed by atoms with E-state index in [1.165, 1.54) is 12.8 Å². The number of hydrogen-bond acceptors (Lipinski definition) is 2. The number of carbonyl (C=O) groups is 1. The number of amides is 1. The van der Waals surface area contributed by atoms with Gasteiger partial charge in [0.2, 0.25) is 5.91 Å². The lowest BCUT2D eigenvalue weighted by atomic mass is 9.74. The van der Waals surface area contributed by atoms with Crippen LogP contribution in [0.15, 0.2) is 17.6 Å². The largest absolute Gasteiger partial charge is 0.339 e. The molecule has 2 bridgehead atoms. The third-order valence-electron chi connectivity index (χ3n) is 4.53. The van der Waals surface area contributed by atoms with E-state index in [1.807, 2.05) is 6.08 Å². The summed E-state index contributed by atoms with van der Waals surface area (Å²) < 4.78 is 0. The van der Waals surface area contributed by atoms with E-state index in [-0.39, 0.29) is 0 Å². The second-order valence-corrected chi connectivity index (χ2v) is 5.56. The van der Waals surface area contributed by atoms with Crippen LogP contribution in [0.2, 0.25) is 0 Å². The van der Waals surface area contributed by atoms with Crippen molar-refractivity contribution in [2.24, 2.45) is 16.8 Å². The summed E-state index contributed by atoms with van der Waals surface area (Å²) >= 11 is 0. The van der Waals surface area contributed by atoms with Gasteiger partial charge < -0.3 is 4.90 Å². The van der Waals surface area contributed by atoms with Crippen LogP contribution in [0.1, 0.15) is 32.1 Å². The molecule has 2 saturated heterocycles. The smallest absolute Gasteiger partial charge is 0.222 e. The molecule has 1 amide bonds. The van der Waals surface area contributed by atoms with Gasteiger partial charge >= 0.3 is 0 Å². The Morgan fingerprint density at radius 3 is 3.29 bits per heavy atom. The Labute approximate surface area is 103 Å². The van der Waals surface area contributed by atoms with E-state index in [1.54, 1.807) is 0 Å². The molecule has 0 aliphatic carbocycles. The van der Waals surface area contributed by atoms with Crippen molar-refractivity contribution in [1.82, 2.24) is 4.90 Å². The van der Waals surface area contributed by atoms with Gasteiger partial charge in [0, 0.05) is 31.1 Å². The zero-order valence-corrected chi connectivity index (χ0v) is 10.2. The Hall–Kier alpha value is -1.12. The van der Waals surface area contributed by atoms with Crippen LogP contribution in [0, 0.1) is 11.8 Å². The molecule has 0 saturated carbocycles. The zero-order valence-electron chi connectivity index (χ0n) is 10.2. The standard InChI is InChI=1S/C14H20N2O/c1-2-4-12-11-7-10(8-15-12)13-5-3-6-14(17)16(13)9-11/h2,8,10-13H,1,3-7,9H2. The second-order valence-electron chi connectivity index (χ2n) is 5.56. The summed E-state index contributed by atoms with van der Waals surface area (Å²) in [6.45, 7) is 4.73. The minimum atomic E-state index is 0.361. The van der Waals surface area contributed by atoms with Gasteiger partial charge in [-0.2, -0.15) is 0 Å². The van der Waals surface area contributed by atoms with Gasteiger partial charge in [-0.05, 0) is 31.6 Å². The Morgan fingerprint density at radius 2 is 2.47 bits per heavy atom. The molecule has 3 heterocycles. The minimum Gasteiger partial charge on any atom is -0.339 e. The monoisotopic (exact) mass is 232 g/mol. The molecule has 3 heteroatoms. The van der Waals surface area contributed by atoms with Crippen LogP contribution in [-0.2, 0) is 4.79 Å². The van der Waals surface area contributed by atoms with Crippen LogP contribution in [0.3, 0.4) is 0 Å². The molecule has 0 spiro atoms. The number of carbonyl (C=O) groups excluding carboxylic acids is 1. The number of rotatable bonds is 2. The molecule has 0 N–H and O–H groups in total. The van der Waals surface area contributed by atoms with E-state index in [2.05, 4.69) is 22.7 Å². The zero-order chi connectivity index (χ0) is 11.8. The summed E-state index contributed by atoms with van der Waals surface area (Å²) in [4.78, 5) is 18.8. The first-order valence-electron chi connectivity index (χ1n) is 6.73. The van der Waals surface area contributed by atoms with E-state index >= 15 is 0 Å². The number of nitrogens with zero attached hydrogens (tertiary/aromatic N) is 2. The predicted octanol–water partition coefficient (Wildman–Crippen LogP) is 2.03. The van der Waals surface area contributed by atoms with Crippen LogP contribution >= 0.6 is 0 Å². The Bertz CT molecular complexity index is 363. The van der Waals surface area contributed by atoms with E-state index in [0.717, 1.165) is 25.8 Å². The fourth-order valence-corrected chi connectivity index (χ4v) is 3.67. The average molecular weight is 232 g/mol. The van der Waals surface area contributed by atoms with Gasteiger partial charge in [-0.15, -0.1) is 6.58 Å². The van der Waals surface area contributed by atoms with Crippen LogP contribution in [-0.4, -0.2) is 35.7 Å². The molecule has 17 heavy (non-hydrogen) atoms. The fourth-order valence-electron chi connectivity index (χ4n) is 3.67. The Morgan fingerprint density at radius 1 is 1.59 bits per heavy atom. The lowest BCUT2D eigenvalue weighted by molar-refractivity contribution is -0.141. The maximum absolute atomic E-state index is 12.0. The van der Waals surface area contributed by atoms with Crippen LogP contribution in [0.5, 0.6) is 0 Å². The number of piperidine rings is 2. The molecule has 3 rings (SSSR count). The van der Waals surface area contributed by atoms with E-state index in [9.17, 15) is 4.79 Å². The van der Waals surface area contributed by atoms with Gasteiger partial charge in [0.25, 0.3) is 0 Å². The SMILES string of the molecule is C=CCC1N=CC2CC1CN1C(=O)CCCC21. The highest BCUT2D eigenvalue weighted by atomic mass is 16.2. The summed E-state index contributed by atoms with van der Waals surface area (Å²) in [5.74, 6) is 1.43. The van der Waals surface area contributed by atoms with Crippen molar-refractivity contribution in [3.8, 4) is 0 Å². The van der Waals surface area contributed by atoms with Crippen LogP contribution < -0.4 is 0 Å². The summed E-state index contributed by atoms with van der Waals surface area (Å²) in [6, 6.07) is 0.806. The van der Waals surface area contributed by atoms with Gasteiger partial charge in [0.15, 0.2) is 0 Å². The van der Waals surface area contributed by atoms with Crippen molar-refractivity contribution in [2.75, 3.05) is 6.54 Å². The maximum Gasteiger partial charge on any atom is 0.222 e. The normalized spacial score (nSPS) is 40.0. The first-order valence-corrected chi connectivity index (χ1v) is 6.73. The molecule has 3 aliphatic rings. The van der Waals surface area contributed by atoms with Crippen molar-refractivity contribution in [2.45, 2.75) is 44.2 Å². The average Bonchev–Trinajstić information content (AvgIpc) is 2.34. The first kappa shape index (κ1) is 11.0. The van der Waals surface area contributed by atoms with Crippen molar-refractivity contribution in [1.29, 1.82) is 0 Å². The number of hydrogen-bond donors (Lipinski definition) is 0. The highest BCUT2D eigenvalue weighted by molar-refractivity contribution is 5.79. The molecule has 0 aromatic heterocycles. The summed E-state index contributed by atoms with van der Waals surface area (Å²) in [5, 5.41) is 0. The Kier molecular flexibility index (Phi) is 2.77. The lowest BCUT2D eigenvalue weighted by Gasteiger charge is -2.49. The lowest BCUT2D eigenvalue weighted by Crippen LogP contribution is -2.57. The summed E-state index contributed by atoms with van der Waals surface area (Å²) in [6.07, 6.45) is 9.22. The molecule has 0 radical (unpaired) electrons. The number of fused-ring (bicyclic) bond motifs is 4. The second kappa shape index (κ2) is 4.28. The molecule has 0 aromatic carbocycles. The van der Waals surface area contributed by atoms with Gasteiger partial charge in [-0.25, -0.2) is 0 Å². The highest BCUT2D eigenvalue weighted by Crippen LogP contribution is 2.38. The molecule has 92 valence electrons. The van der Waals surface area contributed by atoms with Crippen molar-refractivity contribution >= 4 is 12.1 Å². The minimum absolute atomic E-state index is 0.361. The summed E-state index contributed by atoms with van der Waals surface area (Å²) in [5.41, 5.74) is 0. The van der Waals surface area contributed by atoms with Gasteiger partial charge in [0.1, 0.15) is 0 Å². The van der Waals surface area contributed by atoms with Crippen molar-refractivity contribution < 1.29 is 4.79 Å². The van der Waals surface area contributed by atoms with Crippen molar-refractivity contribution in [3.63, 3.8) is 0 Å². The molecule has 4 atom stereocenters. The van der Waals surface area contributed by atoms with E-state index in [0.29, 0.717) is 29.8 Å². The van der Waals surface area contributed by atoms with Gasteiger partial charge in [-0.1, -0.05) is 6.08 Å². The highest BCUT2D eigenvalue weighted by Gasteiger charge is 2.43. The first-order chi connectivity index (χ1) is 8.29.